The van der Waals surface area contributed by atoms with Crippen molar-refractivity contribution in [1.29, 1.82) is 0 Å². The van der Waals surface area contributed by atoms with Crippen LogP contribution in [0, 0.1) is 17.3 Å². The quantitative estimate of drug-likeness (QED) is 0.799. The van der Waals surface area contributed by atoms with E-state index in [1.165, 1.54) is 25.3 Å². The summed E-state index contributed by atoms with van der Waals surface area (Å²) < 4.78 is 25.6. The fourth-order valence-corrected chi connectivity index (χ4v) is 3.41. The lowest BCUT2D eigenvalue weighted by Crippen LogP contribution is -2.06. The molecule has 0 unspecified atom stereocenters. The second-order valence-corrected chi connectivity index (χ2v) is 5.97. The summed E-state index contributed by atoms with van der Waals surface area (Å²) in [6.45, 7) is 0. The van der Waals surface area contributed by atoms with Gasteiger partial charge < -0.3 is 5.21 Å². The van der Waals surface area contributed by atoms with Crippen LogP contribution < -0.4 is 0 Å². The Morgan fingerprint density at radius 1 is 0.955 bits per heavy atom. The maximum Gasteiger partial charge on any atom is 0.389 e. The third-order valence-corrected chi connectivity index (χ3v) is 4.65. The minimum Gasteiger partial charge on any atom is -0.498 e. The predicted octanol–water partition coefficient (Wildman–Crippen LogP) is 2.94. The molecule has 7 heteroatoms. The fraction of sp³-hybridized carbons (Fsp3) is 0.0667. The molecule has 0 N–H and O–H groups in total. The van der Waals surface area contributed by atoms with E-state index in [0.29, 0.717) is 0 Å². The summed E-state index contributed by atoms with van der Waals surface area (Å²) in [5.41, 5.74) is 0.342. The van der Waals surface area contributed by atoms with E-state index in [1.54, 1.807) is 30.3 Å². The maximum atomic E-state index is 12.8. The van der Waals surface area contributed by atoms with E-state index in [-0.39, 0.29) is 20.9 Å². The largest absolute Gasteiger partial charge is 0.498 e. The molecule has 0 aliphatic carbocycles. The van der Waals surface area contributed by atoms with Crippen LogP contribution in [-0.2, 0) is 14.7 Å². The first kappa shape index (κ1) is 15.4. The molecule has 0 saturated carbocycles. The standard InChI is InChI=1S/C15H11N2O4S/c1-21-17-11-13-7-3-5-9-15(13)22(19,20)14-8-4-2-6-12(14)10-16-18/h2-9H,1H3/q+1. The Morgan fingerprint density at radius 3 is 1.95 bits per heavy atom. The molecular weight excluding hydrogens is 304 g/mol. The summed E-state index contributed by atoms with van der Waals surface area (Å²) in [6.07, 6.45) is 0. The van der Waals surface area contributed by atoms with Gasteiger partial charge in [-0.05, 0) is 24.3 Å². The van der Waals surface area contributed by atoms with E-state index in [0.717, 1.165) is 0 Å². The summed E-state index contributed by atoms with van der Waals surface area (Å²) in [6, 6.07) is 16.8. The Kier molecular flexibility index (Phi) is 4.62. The van der Waals surface area contributed by atoms with Crippen molar-refractivity contribution in [3.63, 3.8) is 0 Å². The second kappa shape index (κ2) is 6.61. The number of benzene rings is 2. The van der Waals surface area contributed by atoms with E-state index in [4.69, 9.17) is 0 Å². The summed E-state index contributed by atoms with van der Waals surface area (Å²) >= 11 is 0. The minimum absolute atomic E-state index is 0.00375. The third-order valence-electron chi connectivity index (χ3n) is 2.78. The van der Waals surface area contributed by atoms with Gasteiger partial charge in [0, 0.05) is 5.01 Å². The smallest absolute Gasteiger partial charge is 0.389 e. The van der Waals surface area contributed by atoms with E-state index in [9.17, 15) is 13.6 Å². The molecule has 110 valence electrons. The Bertz CT molecular complexity index is 916. The third kappa shape index (κ3) is 3.00. The Balaban J connectivity index is 2.69. The molecule has 0 radical (unpaired) electrons. The molecule has 0 aliphatic heterocycles. The van der Waals surface area contributed by atoms with Crippen molar-refractivity contribution in [2.45, 2.75) is 9.79 Å². The normalized spacial score (nSPS) is 9.86. The van der Waals surface area contributed by atoms with Crippen molar-refractivity contribution in [1.82, 2.24) is 0 Å². The van der Waals surface area contributed by atoms with Crippen LogP contribution in [0.2, 0.25) is 0 Å². The molecular formula is C15H11N2O4S+. The van der Waals surface area contributed by atoms with Gasteiger partial charge in [-0.15, -0.1) is 0 Å². The van der Waals surface area contributed by atoms with Crippen molar-refractivity contribution in [2.24, 2.45) is 0 Å². The Labute approximate surface area is 127 Å². The lowest BCUT2D eigenvalue weighted by molar-refractivity contribution is 0.330. The van der Waals surface area contributed by atoms with E-state index < -0.39 is 9.84 Å². The van der Waals surface area contributed by atoms with Gasteiger partial charge in [-0.3, -0.25) is 0 Å². The van der Waals surface area contributed by atoms with Crippen LogP contribution in [0.3, 0.4) is 0 Å². The fourth-order valence-electron chi connectivity index (χ4n) is 1.85. The van der Waals surface area contributed by atoms with Crippen molar-refractivity contribution < 1.29 is 13.3 Å². The average molecular weight is 315 g/mol. The van der Waals surface area contributed by atoms with Gasteiger partial charge in [0.2, 0.25) is 14.8 Å². The van der Waals surface area contributed by atoms with Crippen LogP contribution in [0.1, 0.15) is 11.1 Å². The Morgan fingerprint density at radius 2 is 1.45 bits per heavy atom. The van der Waals surface area contributed by atoms with Gasteiger partial charge in [0.05, 0.1) is 9.79 Å². The molecule has 0 amide bonds. The van der Waals surface area contributed by atoms with Gasteiger partial charge in [-0.1, -0.05) is 24.3 Å². The Hall–Kier alpha value is -3.03. The SMILES string of the molecule is CO[N+]#Cc1ccccc1S(=O)(=O)c1ccccc1C#[N+][O-]. The minimum atomic E-state index is -3.89. The van der Waals surface area contributed by atoms with Crippen LogP contribution in [0.4, 0.5) is 0 Å². The number of sulfone groups is 1. The molecule has 0 saturated heterocycles. The zero-order valence-corrected chi connectivity index (χ0v) is 12.4. The van der Waals surface area contributed by atoms with E-state index >= 15 is 0 Å². The van der Waals surface area contributed by atoms with Gasteiger partial charge in [-0.2, -0.15) is 4.84 Å². The topological polar surface area (TPSA) is 75.2 Å². The van der Waals surface area contributed by atoms with Gasteiger partial charge in [0.25, 0.3) is 0 Å². The number of hydrogen-bond donors (Lipinski definition) is 0. The van der Waals surface area contributed by atoms with Crippen LogP contribution in [0.15, 0.2) is 58.3 Å². The van der Waals surface area contributed by atoms with Gasteiger partial charge in [0.1, 0.15) is 11.1 Å². The van der Waals surface area contributed by atoms with Gasteiger partial charge in [0.15, 0.2) is 7.11 Å². The molecule has 2 aromatic carbocycles. The van der Waals surface area contributed by atoms with E-state index in [1.807, 2.05) is 0 Å². The number of rotatable bonds is 2. The molecule has 2 aromatic rings. The zero-order valence-electron chi connectivity index (χ0n) is 11.6. The molecule has 2 rings (SSSR count). The molecule has 0 heterocycles. The van der Waals surface area contributed by atoms with Crippen LogP contribution in [0.5, 0.6) is 0 Å². The van der Waals surface area contributed by atoms with Gasteiger partial charge in [-0.25, -0.2) is 8.42 Å². The van der Waals surface area contributed by atoms with Gasteiger partial charge >= 0.3 is 12.1 Å². The zero-order chi connectivity index (χ0) is 16.0. The van der Waals surface area contributed by atoms with Crippen molar-refractivity contribution >= 4 is 9.84 Å². The highest BCUT2D eigenvalue weighted by atomic mass is 32.2. The van der Waals surface area contributed by atoms with Crippen molar-refractivity contribution in [3.05, 3.63) is 74.9 Å². The first-order valence-electron chi connectivity index (χ1n) is 6.12. The molecule has 0 aromatic heterocycles. The summed E-state index contributed by atoms with van der Waals surface area (Å²) in [7, 11) is -2.56. The molecule has 6 nitrogen and oxygen atoms in total. The molecule has 0 aliphatic rings. The highest BCUT2D eigenvalue weighted by molar-refractivity contribution is 7.91. The first-order valence-corrected chi connectivity index (χ1v) is 7.60. The van der Waals surface area contributed by atoms with Crippen molar-refractivity contribution in [2.75, 3.05) is 7.11 Å². The highest BCUT2D eigenvalue weighted by Crippen LogP contribution is 2.26. The second-order valence-electron chi connectivity index (χ2n) is 4.08. The average Bonchev–Trinajstić information content (AvgIpc) is 2.54. The highest BCUT2D eigenvalue weighted by Gasteiger charge is 2.26. The molecule has 0 fully saturated rings. The molecule has 0 bridgehead atoms. The van der Waals surface area contributed by atoms with Crippen LogP contribution in [-0.4, -0.2) is 15.5 Å². The van der Waals surface area contributed by atoms with Crippen LogP contribution in [0.25, 0.3) is 10.0 Å². The predicted molar refractivity (Wildman–Crippen MR) is 81.4 cm³/mol. The summed E-state index contributed by atoms with van der Waals surface area (Å²) in [5, 5.41) is 16.4. The lowest BCUT2D eigenvalue weighted by atomic mass is 10.2. The maximum absolute atomic E-state index is 12.8. The number of hydrogen-bond acceptors (Lipinski definition) is 4. The lowest BCUT2D eigenvalue weighted by Gasteiger charge is -2.05. The van der Waals surface area contributed by atoms with E-state index in [2.05, 4.69) is 27.0 Å². The van der Waals surface area contributed by atoms with Crippen LogP contribution >= 0.6 is 0 Å². The summed E-state index contributed by atoms with van der Waals surface area (Å²) in [4.78, 5) is 4.46. The summed E-state index contributed by atoms with van der Waals surface area (Å²) in [5.74, 6) is 0. The van der Waals surface area contributed by atoms with Crippen molar-refractivity contribution in [3.8, 4) is 12.1 Å². The molecule has 0 spiro atoms. The first-order chi connectivity index (χ1) is 10.6. The molecule has 22 heavy (non-hydrogen) atoms. The monoisotopic (exact) mass is 315 g/mol. The number of nitrogens with zero attached hydrogens (tertiary/aromatic N) is 2. The molecule has 0 atom stereocenters.